The summed E-state index contributed by atoms with van der Waals surface area (Å²) < 4.78 is 0. The molecule has 2 nitrogen and oxygen atoms in total. The van der Waals surface area contributed by atoms with Gasteiger partial charge >= 0.3 is 0 Å². The molecule has 0 bridgehead atoms. The second kappa shape index (κ2) is 6.02. The normalized spacial score (nSPS) is 13.1. The fraction of sp³-hybridized carbons (Fsp3) is 0.571. The SMILES string of the molecule is Cc1cc(C)cc(C(C)CC(CN)CN)c1. The Labute approximate surface area is 99.0 Å². The van der Waals surface area contributed by atoms with Gasteiger partial charge in [-0.25, -0.2) is 0 Å². The van der Waals surface area contributed by atoms with Crippen LogP contribution in [0.5, 0.6) is 0 Å². The summed E-state index contributed by atoms with van der Waals surface area (Å²) >= 11 is 0. The van der Waals surface area contributed by atoms with E-state index in [4.69, 9.17) is 11.5 Å². The third kappa shape index (κ3) is 3.62. The number of aryl methyl sites for hydroxylation is 2. The number of hydrogen-bond donors (Lipinski definition) is 2. The minimum atomic E-state index is 0.441. The van der Waals surface area contributed by atoms with Crippen LogP contribution in [0.25, 0.3) is 0 Å². The maximum atomic E-state index is 5.69. The van der Waals surface area contributed by atoms with E-state index >= 15 is 0 Å². The van der Waals surface area contributed by atoms with Crippen molar-refractivity contribution in [3.05, 3.63) is 34.9 Å². The predicted molar refractivity (Wildman–Crippen MR) is 70.5 cm³/mol. The maximum Gasteiger partial charge on any atom is -0.00366 e. The summed E-state index contributed by atoms with van der Waals surface area (Å²) in [6, 6.07) is 6.74. The summed E-state index contributed by atoms with van der Waals surface area (Å²) in [5.74, 6) is 0.978. The second-order valence-electron chi connectivity index (χ2n) is 4.90. The van der Waals surface area contributed by atoms with Crippen molar-refractivity contribution < 1.29 is 0 Å². The Morgan fingerprint density at radius 3 is 1.94 bits per heavy atom. The van der Waals surface area contributed by atoms with E-state index in [9.17, 15) is 0 Å². The standard InChI is InChI=1S/C14H24N2/c1-10-4-11(2)6-14(5-10)12(3)7-13(8-15)9-16/h4-6,12-13H,7-9,15-16H2,1-3H3. The molecule has 1 aromatic rings. The highest BCUT2D eigenvalue weighted by Crippen LogP contribution is 2.24. The van der Waals surface area contributed by atoms with Crippen LogP contribution in [-0.4, -0.2) is 13.1 Å². The van der Waals surface area contributed by atoms with Crippen molar-refractivity contribution in [2.45, 2.75) is 33.1 Å². The van der Waals surface area contributed by atoms with E-state index in [2.05, 4.69) is 39.0 Å². The Hall–Kier alpha value is -0.860. The lowest BCUT2D eigenvalue weighted by Crippen LogP contribution is -2.24. The molecule has 4 N–H and O–H groups in total. The van der Waals surface area contributed by atoms with Crippen LogP contribution in [0.3, 0.4) is 0 Å². The first-order valence-corrected chi connectivity index (χ1v) is 6.05. The monoisotopic (exact) mass is 220 g/mol. The first-order valence-electron chi connectivity index (χ1n) is 6.05. The Balaban J connectivity index is 2.75. The third-order valence-corrected chi connectivity index (χ3v) is 3.17. The molecule has 90 valence electrons. The molecule has 0 aliphatic rings. The van der Waals surface area contributed by atoms with Gasteiger partial charge in [0, 0.05) is 0 Å². The van der Waals surface area contributed by atoms with Crippen LogP contribution >= 0.6 is 0 Å². The van der Waals surface area contributed by atoms with Crippen molar-refractivity contribution in [3.8, 4) is 0 Å². The number of rotatable bonds is 5. The summed E-state index contributed by atoms with van der Waals surface area (Å²) in [5, 5.41) is 0. The Kier molecular flexibility index (Phi) is 4.97. The molecule has 2 heteroatoms. The number of nitrogens with two attached hydrogens (primary N) is 2. The lowest BCUT2D eigenvalue weighted by molar-refractivity contribution is 0.465. The molecule has 0 saturated heterocycles. The second-order valence-corrected chi connectivity index (χ2v) is 4.90. The lowest BCUT2D eigenvalue weighted by atomic mass is 9.89. The Morgan fingerprint density at radius 1 is 1.00 bits per heavy atom. The smallest absolute Gasteiger partial charge is 0.00366 e. The van der Waals surface area contributed by atoms with E-state index in [1.165, 1.54) is 16.7 Å². The highest BCUT2D eigenvalue weighted by molar-refractivity contribution is 5.30. The molecule has 0 aromatic heterocycles. The van der Waals surface area contributed by atoms with Crippen LogP contribution in [0.15, 0.2) is 18.2 Å². The van der Waals surface area contributed by atoms with Crippen LogP contribution in [0.2, 0.25) is 0 Å². The van der Waals surface area contributed by atoms with Crippen molar-refractivity contribution in [2.24, 2.45) is 17.4 Å². The fourth-order valence-corrected chi connectivity index (χ4v) is 2.22. The number of hydrogen-bond acceptors (Lipinski definition) is 2. The van der Waals surface area contributed by atoms with Gasteiger partial charge < -0.3 is 11.5 Å². The van der Waals surface area contributed by atoms with Gasteiger partial charge in [0.25, 0.3) is 0 Å². The fourth-order valence-electron chi connectivity index (χ4n) is 2.22. The van der Waals surface area contributed by atoms with Gasteiger partial charge in [-0.1, -0.05) is 36.2 Å². The summed E-state index contributed by atoms with van der Waals surface area (Å²) in [7, 11) is 0. The first-order chi connectivity index (χ1) is 7.56. The highest BCUT2D eigenvalue weighted by Gasteiger charge is 2.12. The van der Waals surface area contributed by atoms with Crippen molar-refractivity contribution in [2.75, 3.05) is 13.1 Å². The molecule has 1 unspecified atom stereocenters. The van der Waals surface area contributed by atoms with Crippen molar-refractivity contribution in [3.63, 3.8) is 0 Å². The van der Waals surface area contributed by atoms with Gasteiger partial charge in [0.2, 0.25) is 0 Å². The Morgan fingerprint density at radius 2 is 1.50 bits per heavy atom. The Bertz CT molecular complexity index is 309. The van der Waals surface area contributed by atoms with E-state index in [1.54, 1.807) is 0 Å². The topological polar surface area (TPSA) is 52.0 Å². The third-order valence-electron chi connectivity index (χ3n) is 3.17. The zero-order chi connectivity index (χ0) is 12.1. The minimum Gasteiger partial charge on any atom is -0.330 e. The molecular weight excluding hydrogens is 196 g/mol. The van der Waals surface area contributed by atoms with Crippen molar-refractivity contribution in [1.82, 2.24) is 0 Å². The molecule has 0 aliphatic carbocycles. The van der Waals surface area contributed by atoms with Gasteiger partial charge in [-0.2, -0.15) is 0 Å². The largest absolute Gasteiger partial charge is 0.330 e. The molecular formula is C14H24N2. The summed E-state index contributed by atoms with van der Waals surface area (Å²) in [5.41, 5.74) is 15.5. The van der Waals surface area contributed by atoms with Gasteiger partial charge in [-0.3, -0.25) is 0 Å². The lowest BCUT2D eigenvalue weighted by Gasteiger charge is -2.19. The average Bonchev–Trinajstić information content (AvgIpc) is 2.24. The zero-order valence-electron chi connectivity index (χ0n) is 10.7. The quantitative estimate of drug-likeness (QED) is 0.800. The van der Waals surface area contributed by atoms with Crippen LogP contribution < -0.4 is 11.5 Å². The molecule has 0 aliphatic heterocycles. The summed E-state index contributed by atoms with van der Waals surface area (Å²) in [6.45, 7) is 7.92. The number of benzene rings is 1. The molecule has 0 amide bonds. The molecule has 1 atom stereocenters. The molecule has 0 saturated carbocycles. The van der Waals surface area contributed by atoms with Crippen LogP contribution in [-0.2, 0) is 0 Å². The van der Waals surface area contributed by atoms with Crippen LogP contribution in [0, 0.1) is 19.8 Å². The van der Waals surface area contributed by atoms with Gasteiger partial charge in [0.05, 0.1) is 0 Å². The zero-order valence-corrected chi connectivity index (χ0v) is 10.7. The van der Waals surface area contributed by atoms with Gasteiger partial charge in [0.1, 0.15) is 0 Å². The molecule has 16 heavy (non-hydrogen) atoms. The minimum absolute atomic E-state index is 0.441. The predicted octanol–water partition coefficient (Wildman–Crippen LogP) is 2.33. The van der Waals surface area contributed by atoms with Crippen molar-refractivity contribution in [1.29, 1.82) is 0 Å². The first kappa shape index (κ1) is 13.2. The van der Waals surface area contributed by atoms with E-state index in [0.717, 1.165) is 6.42 Å². The molecule has 0 heterocycles. The van der Waals surface area contributed by atoms with Gasteiger partial charge in [-0.15, -0.1) is 0 Å². The van der Waals surface area contributed by atoms with Gasteiger partial charge in [0.15, 0.2) is 0 Å². The van der Waals surface area contributed by atoms with E-state index in [0.29, 0.717) is 24.9 Å². The average molecular weight is 220 g/mol. The molecule has 0 radical (unpaired) electrons. The summed E-state index contributed by atoms with van der Waals surface area (Å²) in [6.07, 6.45) is 1.08. The van der Waals surface area contributed by atoms with E-state index < -0.39 is 0 Å². The van der Waals surface area contributed by atoms with Crippen LogP contribution in [0.4, 0.5) is 0 Å². The molecule has 1 aromatic carbocycles. The molecule has 0 fully saturated rings. The van der Waals surface area contributed by atoms with E-state index in [-0.39, 0.29) is 0 Å². The maximum absolute atomic E-state index is 5.69. The molecule has 0 spiro atoms. The van der Waals surface area contributed by atoms with Gasteiger partial charge in [-0.05, 0) is 50.8 Å². The van der Waals surface area contributed by atoms with E-state index in [1.807, 2.05) is 0 Å². The van der Waals surface area contributed by atoms with Crippen molar-refractivity contribution >= 4 is 0 Å². The summed E-state index contributed by atoms with van der Waals surface area (Å²) in [4.78, 5) is 0. The highest BCUT2D eigenvalue weighted by atomic mass is 14.6. The molecule has 1 rings (SSSR count). The van der Waals surface area contributed by atoms with Crippen LogP contribution in [0.1, 0.15) is 36.0 Å².